The van der Waals surface area contributed by atoms with E-state index in [1.54, 1.807) is 16.8 Å². The van der Waals surface area contributed by atoms with Gasteiger partial charge in [0.25, 0.3) is 5.69 Å². The van der Waals surface area contributed by atoms with Gasteiger partial charge < -0.3 is 9.64 Å². The minimum atomic E-state index is -0.366. The van der Waals surface area contributed by atoms with Crippen molar-refractivity contribution in [3.63, 3.8) is 0 Å². The van der Waals surface area contributed by atoms with Gasteiger partial charge in [0.05, 0.1) is 23.8 Å². The molecule has 1 aromatic heterocycles. The monoisotopic (exact) mass is 302 g/mol. The van der Waals surface area contributed by atoms with Gasteiger partial charge >= 0.3 is 0 Å². The number of ether oxygens (including phenoxy) is 1. The summed E-state index contributed by atoms with van der Waals surface area (Å²) in [6.07, 6.45) is 0. The fraction of sp³-hybridized carbons (Fsp3) is 0.400. The molecule has 0 aliphatic carbocycles. The number of nitro groups is 1. The average Bonchev–Trinajstić information content (AvgIpc) is 2.86. The molecule has 0 atom stereocenters. The smallest absolute Gasteiger partial charge is 0.295 e. The van der Waals surface area contributed by atoms with Gasteiger partial charge in [-0.2, -0.15) is 5.10 Å². The van der Waals surface area contributed by atoms with Crippen molar-refractivity contribution >= 4 is 11.4 Å². The quantitative estimate of drug-likeness (QED) is 0.642. The molecule has 0 saturated carbocycles. The van der Waals surface area contributed by atoms with Crippen molar-refractivity contribution in [2.75, 3.05) is 31.2 Å². The third-order valence-corrected chi connectivity index (χ3v) is 3.77. The van der Waals surface area contributed by atoms with Gasteiger partial charge in [-0.05, 0) is 32.0 Å². The summed E-state index contributed by atoms with van der Waals surface area (Å²) in [5, 5.41) is 15.7. The molecule has 7 heteroatoms. The molecular formula is C15H18N4O3. The van der Waals surface area contributed by atoms with Crippen LogP contribution in [0.3, 0.4) is 0 Å². The molecule has 2 heterocycles. The lowest BCUT2D eigenvalue weighted by molar-refractivity contribution is -0.384. The Morgan fingerprint density at radius 2 is 1.95 bits per heavy atom. The number of nitro benzene ring substituents is 1. The van der Waals surface area contributed by atoms with Crippen molar-refractivity contribution in [3.8, 4) is 5.69 Å². The van der Waals surface area contributed by atoms with Crippen LogP contribution in [-0.4, -0.2) is 41.0 Å². The topological polar surface area (TPSA) is 73.4 Å². The lowest BCUT2D eigenvalue weighted by Crippen LogP contribution is -2.36. The third-order valence-electron chi connectivity index (χ3n) is 3.77. The molecule has 2 aromatic rings. The fourth-order valence-corrected chi connectivity index (χ4v) is 2.73. The Kier molecular flexibility index (Phi) is 3.81. The first-order chi connectivity index (χ1) is 10.6. The molecule has 3 rings (SSSR count). The minimum Gasteiger partial charge on any atom is -0.378 e. The SMILES string of the molecule is Cc1cc(C)n(-c2cc(N3CCOCC3)ccc2[N+](=O)[O-])n1. The second-order valence-electron chi connectivity index (χ2n) is 5.37. The summed E-state index contributed by atoms with van der Waals surface area (Å²) in [5.74, 6) is 0. The Morgan fingerprint density at radius 3 is 2.55 bits per heavy atom. The van der Waals surface area contributed by atoms with Crippen LogP contribution in [0.5, 0.6) is 0 Å². The number of nitrogens with zero attached hydrogens (tertiary/aromatic N) is 4. The van der Waals surface area contributed by atoms with Gasteiger partial charge in [0, 0.05) is 30.5 Å². The summed E-state index contributed by atoms with van der Waals surface area (Å²) < 4.78 is 6.99. The van der Waals surface area contributed by atoms with Crippen LogP contribution in [0.1, 0.15) is 11.4 Å². The summed E-state index contributed by atoms with van der Waals surface area (Å²) in [5.41, 5.74) is 3.22. The molecule has 1 saturated heterocycles. The van der Waals surface area contributed by atoms with Crippen LogP contribution < -0.4 is 4.90 Å². The van der Waals surface area contributed by atoms with Gasteiger partial charge in [-0.25, -0.2) is 4.68 Å². The first-order valence-electron chi connectivity index (χ1n) is 7.21. The standard InChI is InChI=1S/C15H18N4O3/c1-11-9-12(2)18(16-11)15-10-13(3-4-14(15)19(20)21)17-5-7-22-8-6-17/h3-4,9-10H,5-8H2,1-2H3. The zero-order chi connectivity index (χ0) is 15.7. The largest absolute Gasteiger partial charge is 0.378 e. The van der Waals surface area contributed by atoms with Crippen molar-refractivity contribution in [2.24, 2.45) is 0 Å². The molecular weight excluding hydrogens is 284 g/mol. The molecule has 0 unspecified atom stereocenters. The van der Waals surface area contributed by atoms with Crippen LogP contribution >= 0.6 is 0 Å². The first kappa shape index (κ1) is 14.5. The second-order valence-corrected chi connectivity index (χ2v) is 5.37. The minimum absolute atomic E-state index is 0.0585. The van der Waals surface area contributed by atoms with E-state index in [9.17, 15) is 10.1 Å². The van der Waals surface area contributed by atoms with E-state index in [-0.39, 0.29) is 10.6 Å². The van der Waals surface area contributed by atoms with Gasteiger partial charge in [0.15, 0.2) is 0 Å². The maximum atomic E-state index is 11.3. The predicted octanol–water partition coefficient (Wildman–Crippen LogP) is 2.23. The van der Waals surface area contributed by atoms with E-state index in [0.717, 1.165) is 30.2 Å². The highest BCUT2D eigenvalue weighted by Crippen LogP contribution is 2.29. The summed E-state index contributed by atoms with van der Waals surface area (Å²) in [7, 11) is 0. The van der Waals surface area contributed by atoms with Gasteiger partial charge in [0.1, 0.15) is 5.69 Å². The number of morpholine rings is 1. The Bertz CT molecular complexity index is 705. The Morgan fingerprint density at radius 1 is 1.23 bits per heavy atom. The van der Waals surface area contributed by atoms with E-state index >= 15 is 0 Å². The molecule has 22 heavy (non-hydrogen) atoms. The highest BCUT2D eigenvalue weighted by Gasteiger charge is 2.21. The summed E-state index contributed by atoms with van der Waals surface area (Å²) in [4.78, 5) is 13.1. The van der Waals surface area contributed by atoms with Crippen molar-refractivity contribution in [2.45, 2.75) is 13.8 Å². The fourth-order valence-electron chi connectivity index (χ4n) is 2.73. The van der Waals surface area contributed by atoms with E-state index in [0.29, 0.717) is 18.9 Å². The summed E-state index contributed by atoms with van der Waals surface area (Å²) >= 11 is 0. The molecule has 116 valence electrons. The Balaban J connectivity index is 2.08. The molecule has 1 aromatic carbocycles. The van der Waals surface area contributed by atoms with Crippen LogP contribution in [0, 0.1) is 24.0 Å². The highest BCUT2D eigenvalue weighted by atomic mass is 16.6. The number of rotatable bonds is 3. The Hall–Kier alpha value is -2.41. The molecule has 7 nitrogen and oxygen atoms in total. The predicted molar refractivity (Wildman–Crippen MR) is 82.7 cm³/mol. The van der Waals surface area contributed by atoms with Crippen LogP contribution in [0.2, 0.25) is 0 Å². The first-order valence-corrected chi connectivity index (χ1v) is 7.21. The van der Waals surface area contributed by atoms with Gasteiger partial charge in [0.2, 0.25) is 0 Å². The number of aryl methyl sites for hydroxylation is 2. The van der Waals surface area contributed by atoms with Crippen LogP contribution in [0.15, 0.2) is 24.3 Å². The summed E-state index contributed by atoms with van der Waals surface area (Å²) in [6, 6.07) is 7.09. The van der Waals surface area contributed by atoms with Gasteiger partial charge in [-0.15, -0.1) is 0 Å². The molecule has 0 bridgehead atoms. The van der Waals surface area contributed by atoms with Crippen molar-refractivity contribution in [1.82, 2.24) is 9.78 Å². The number of hydrogen-bond donors (Lipinski definition) is 0. The van der Waals surface area contributed by atoms with E-state index in [4.69, 9.17) is 4.74 Å². The number of aromatic nitrogens is 2. The molecule has 1 fully saturated rings. The lowest BCUT2D eigenvalue weighted by atomic mass is 10.2. The maximum absolute atomic E-state index is 11.3. The molecule has 0 N–H and O–H groups in total. The van der Waals surface area contributed by atoms with E-state index < -0.39 is 0 Å². The normalized spacial score (nSPS) is 15.1. The van der Waals surface area contributed by atoms with Crippen LogP contribution in [0.25, 0.3) is 5.69 Å². The third kappa shape index (κ3) is 2.67. The molecule has 1 aliphatic rings. The van der Waals surface area contributed by atoms with Crippen molar-refractivity contribution in [1.29, 1.82) is 0 Å². The maximum Gasteiger partial charge on any atom is 0.295 e. The van der Waals surface area contributed by atoms with Gasteiger partial charge in [-0.3, -0.25) is 10.1 Å². The number of anilines is 1. The zero-order valence-electron chi connectivity index (χ0n) is 12.7. The molecule has 0 spiro atoms. The highest BCUT2D eigenvalue weighted by molar-refractivity contribution is 5.63. The zero-order valence-corrected chi connectivity index (χ0v) is 12.7. The Labute approximate surface area is 128 Å². The summed E-state index contributed by atoms with van der Waals surface area (Å²) in [6.45, 7) is 6.69. The second kappa shape index (κ2) is 5.76. The number of hydrogen-bond acceptors (Lipinski definition) is 5. The van der Waals surface area contributed by atoms with E-state index in [1.807, 2.05) is 26.0 Å². The molecule has 0 radical (unpaired) electrons. The number of benzene rings is 1. The van der Waals surface area contributed by atoms with Crippen molar-refractivity contribution in [3.05, 3.63) is 45.8 Å². The lowest BCUT2D eigenvalue weighted by Gasteiger charge is -2.29. The van der Waals surface area contributed by atoms with E-state index in [1.165, 1.54) is 0 Å². The molecule has 0 amide bonds. The van der Waals surface area contributed by atoms with Gasteiger partial charge in [-0.1, -0.05) is 0 Å². The van der Waals surface area contributed by atoms with Crippen molar-refractivity contribution < 1.29 is 9.66 Å². The average molecular weight is 302 g/mol. The van der Waals surface area contributed by atoms with Crippen LogP contribution in [-0.2, 0) is 4.74 Å². The molecule has 1 aliphatic heterocycles. The van der Waals surface area contributed by atoms with E-state index in [2.05, 4.69) is 10.00 Å². The van der Waals surface area contributed by atoms with Crippen LogP contribution in [0.4, 0.5) is 11.4 Å².